The lowest BCUT2D eigenvalue weighted by molar-refractivity contribution is 1.06. The van der Waals surface area contributed by atoms with Crippen molar-refractivity contribution < 1.29 is 0 Å². The molecular weight excluding hydrogens is 780 g/mol. The van der Waals surface area contributed by atoms with Crippen molar-refractivity contribution in [1.82, 2.24) is 34.5 Å². The number of nitriles is 1. The summed E-state index contributed by atoms with van der Waals surface area (Å²) >= 11 is 3.74. The molecule has 0 atom stereocenters. The second-order valence-electron chi connectivity index (χ2n) is 13.6. The summed E-state index contributed by atoms with van der Waals surface area (Å²) in [6.07, 6.45) is 0. The van der Waals surface area contributed by atoms with Crippen molar-refractivity contribution in [2.75, 3.05) is 0 Å². The van der Waals surface area contributed by atoms with Gasteiger partial charge in [-0.1, -0.05) is 137 Å². The molecule has 0 saturated carbocycles. The Hall–Kier alpha value is -7.67. The molecule has 0 aliphatic carbocycles. The zero-order valence-electron chi connectivity index (χ0n) is 30.7. The van der Waals surface area contributed by atoms with E-state index in [0.717, 1.165) is 59.8 Å². The lowest BCUT2D eigenvalue weighted by atomic mass is 10.1. The molecule has 3 heterocycles. The molecule has 9 heteroatoms. The maximum Gasteiger partial charge on any atom is 0.166 e. The molecule has 58 heavy (non-hydrogen) atoms. The second-order valence-corrected chi connectivity index (χ2v) is 14.6. The van der Waals surface area contributed by atoms with E-state index in [9.17, 15) is 5.26 Å². The van der Waals surface area contributed by atoms with E-state index in [-0.39, 0.29) is 0 Å². The summed E-state index contributed by atoms with van der Waals surface area (Å²) in [7, 11) is 0. The minimum atomic E-state index is 0.454. The van der Waals surface area contributed by atoms with Gasteiger partial charge >= 0.3 is 0 Å². The van der Waals surface area contributed by atoms with E-state index in [0.29, 0.717) is 46.1 Å². The van der Waals surface area contributed by atoms with E-state index in [1.807, 2.05) is 146 Å². The third-order valence-corrected chi connectivity index (χ3v) is 10.5. The Balaban J connectivity index is 1.20. The van der Waals surface area contributed by atoms with Crippen LogP contribution in [0, 0.1) is 11.3 Å². The molecule has 10 rings (SSSR count). The Morgan fingerprint density at radius 3 is 1.28 bits per heavy atom. The van der Waals surface area contributed by atoms with E-state index < -0.39 is 0 Å². The molecule has 0 unspecified atom stereocenters. The molecule has 0 radical (unpaired) electrons. The Morgan fingerprint density at radius 2 is 0.810 bits per heavy atom. The first-order valence-electron chi connectivity index (χ1n) is 18.6. The molecular formula is C49H29BrN8. The Labute approximate surface area is 342 Å². The number of nitrogens with zero attached hydrogens (tertiary/aromatic N) is 8. The predicted molar refractivity (Wildman–Crippen MR) is 233 cm³/mol. The molecule has 0 bridgehead atoms. The van der Waals surface area contributed by atoms with Crippen molar-refractivity contribution in [3.05, 3.63) is 186 Å². The minimum absolute atomic E-state index is 0.454. The minimum Gasteiger partial charge on any atom is -0.308 e. The van der Waals surface area contributed by atoms with Gasteiger partial charge in [0.25, 0.3) is 0 Å². The molecule has 272 valence electrons. The van der Waals surface area contributed by atoms with Gasteiger partial charge in [-0.05, 0) is 54.6 Å². The van der Waals surface area contributed by atoms with Crippen LogP contribution >= 0.6 is 15.9 Å². The molecule has 0 spiro atoms. The van der Waals surface area contributed by atoms with Gasteiger partial charge in [0.2, 0.25) is 0 Å². The third-order valence-electron chi connectivity index (χ3n) is 9.99. The summed E-state index contributed by atoms with van der Waals surface area (Å²) in [5.74, 6) is 3.29. The number of halogens is 1. The number of hydrogen-bond donors (Lipinski definition) is 0. The van der Waals surface area contributed by atoms with E-state index in [1.54, 1.807) is 0 Å². The highest BCUT2D eigenvalue weighted by molar-refractivity contribution is 9.10. The number of fused-ring (bicyclic) bond motifs is 3. The van der Waals surface area contributed by atoms with Gasteiger partial charge < -0.3 is 4.57 Å². The average Bonchev–Trinajstić information content (AvgIpc) is 3.62. The maximum atomic E-state index is 10.2. The van der Waals surface area contributed by atoms with E-state index in [1.165, 1.54) is 0 Å². The van der Waals surface area contributed by atoms with Crippen LogP contribution in [0.4, 0.5) is 0 Å². The molecule has 0 aliphatic rings. The first kappa shape index (κ1) is 34.8. The second kappa shape index (κ2) is 14.8. The standard InChI is InChI=1S/C49H29BrN8/c50-37-23-26-42-39(29-37)38-28-36(48-54-44(32-13-5-1-6-14-32)52-45(55-48)33-15-7-2-8-16-33)22-25-41(38)58(42)43-24-21-31(30-51)27-40(43)49-56-46(34-17-9-3-10-18-34)53-47(57-49)35-19-11-4-12-20-35/h1-29H. The zero-order chi connectivity index (χ0) is 39.0. The lowest BCUT2D eigenvalue weighted by Gasteiger charge is -2.15. The van der Waals surface area contributed by atoms with Gasteiger partial charge in [-0.3, -0.25) is 0 Å². The Bertz CT molecular complexity index is 3070. The molecule has 0 aliphatic heterocycles. The Kier molecular flexibility index (Phi) is 8.86. The van der Waals surface area contributed by atoms with Crippen LogP contribution < -0.4 is 0 Å². The monoisotopic (exact) mass is 808 g/mol. The highest BCUT2D eigenvalue weighted by Gasteiger charge is 2.21. The van der Waals surface area contributed by atoms with Gasteiger partial charge in [-0.15, -0.1) is 0 Å². The number of aromatic nitrogens is 7. The maximum absolute atomic E-state index is 10.2. The van der Waals surface area contributed by atoms with Crippen molar-refractivity contribution >= 4 is 37.7 Å². The molecule has 3 aromatic heterocycles. The van der Waals surface area contributed by atoms with Crippen LogP contribution in [0.3, 0.4) is 0 Å². The van der Waals surface area contributed by atoms with Gasteiger partial charge in [0.1, 0.15) is 0 Å². The fourth-order valence-corrected chi connectivity index (χ4v) is 7.60. The smallest absolute Gasteiger partial charge is 0.166 e. The highest BCUT2D eigenvalue weighted by atomic mass is 79.9. The normalized spacial score (nSPS) is 11.2. The third kappa shape index (κ3) is 6.47. The lowest BCUT2D eigenvalue weighted by Crippen LogP contribution is -2.04. The number of benzene rings is 7. The number of hydrogen-bond acceptors (Lipinski definition) is 7. The zero-order valence-corrected chi connectivity index (χ0v) is 32.3. The van der Waals surface area contributed by atoms with E-state index >= 15 is 0 Å². The van der Waals surface area contributed by atoms with Gasteiger partial charge in [-0.2, -0.15) is 5.26 Å². The van der Waals surface area contributed by atoms with Crippen molar-refractivity contribution in [3.8, 4) is 80.1 Å². The summed E-state index contributed by atoms with van der Waals surface area (Å²) in [6.45, 7) is 0. The van der Waals surface area contributed by atoms with Crippen molar-refractivity contribution in [2.24, 2.45) is 0 Å². The molecule has 0 saturated heterocycles. The van der Waals surface area contributed by atoms with E-state index in [4.69, 9.17) is 29.9 Å². The van der Waals surface area contributed by atoms with Crippen LogP contribution in [0.15, 0.2) is 180 Å². The summed E-state index contributed by atoms with van der Waals surface area (Å²) in [5, 5.41) is 12.2. The average molecular weight is 810 g/mol. The molecule has 8 nitrogen and oxygen atoms in total. The van der Waals surface area contributed by atoms with Crippen molar-refractivity contribution in [2.45, 2.75) is 0 Å². The quantitative estimate of drug-likeness (QED) is 0.158. The molecule has 0 N–H and O–H groups in total. The largest absolute Gasteiger partial charge is 0.308 e. The van der Waals surface area contributed by atoms with Crippen LogP contribution in [0.1, 0.15) is 5.56 Å². The van der Waals surface area contributed by atoms with E-state index in [2.05, 4.69) is 56.9 Å². The van der Waals surface area contributed by atoms with Crippen molar-refractivity contribution in [3.63, 3.8) is 0 Å². The van der Waals surface area contributed by atoms with Gasteiger partial charge in [0, 0.05) is 48.6 Å². The fourth-order valence-electron chi connectivity index (χ4n) is 7.24. The van der Waals surface area contributed by atoms with Gasteiger partial charge in [0.05, 0.1) is 28.4 Å². The summed E-state index contributed by atoms with van der Waals surface area (Å²) in [6, 6.07) is 60.3. The van der Waals surface area contributed by atoms with Gasteiger partial charge in [0.15, 0.2) is 34.9 Å². The highest BCUT2D eigenvalue weighted by Crippen LogP contribution is 2.39. The predicted octanol–water partition coefficient (Wildman–Crippen LogP) is 11.8. The Morgan fingerprint density at radius 1 is 0.397 bits per heavy atom. The van der Waals surface area contributed by atoms with Gasteiger partial charge in [-0.25, -0.2) is 29.9 Å². The summed E-state index contributed by atoms with van der Waals surface area (Å²) in [4.78, 5) is 30.0. The molecule has 10 aromatic rings. The van der Waals surface area contributed by atoms with Crippen LogP contribution in [-0.4, -0.2) is 34.5 Å². The SMILES string of the molecule is N#Cc1ccc(-n2c3ccc(Br)cc3c3cc(-c4nc(-c5ccccc5)nc(-c5ccccc5)n4)ccc32)c(-c2nc(-c3ccccc3)nc(-c3ccccc3)n2)c1. The first-order valence-corrected chi connectivity index (χ1v) is 19.4. The van der Waals surface area contributed by atoms with Crippen LogP contribution in [-0.2, 0) is 0 Å². The fraction of sp³-hybridized carbons (Fsp3) is 0. The van der Waals surface area contributed by atoms with Crippen LogP contribution in [0.25, 0.3) is 95.8 Å². The van der Waals surface area contributed by atoms with Crippen LogP contribution in [0.5, 0.6) is 0 Å². The van der Waals surface area contributed by atoms with Crippen molar-refractivity contribution in [1.29, 1.82) is 5.26 Å². The molecule has 0 fully saturated rings. The van der Waals surface area contributed by atoms with Crippen LogP contribution in [0.2, 0.25) is 0 Å². The summed E-state index contributed by atoms with van der Waals surface area (Å²) in [5.41, 5.74) is 8.29. The summed E-state index contributed by atoms with van der Waals surface area (Å²) < 4.78 is 3.16. The topological polar surface area (TPSA) is 106 Å². The molecule has 7 aromatic carbocycles. The number of rotatable bonds is 7. The molecule has 0 amide bonds. The first-order chi connectivity index (χ1) is 28.6.